The van der Waals surface area contributed by atoms with E-state index in [0.717, 1.165) is 0 Å². The summed E-state index contributed by atoms with van der Waals surface area (Å²) in [6.07, 6.45) is 1.75. The first kappa shape index (κ1) is 16.1. The van der Waals surface area contributed by atoms with Crippen molar-refractivity contribution in [3.63, 3.8) is 0 Å². The maximum Gasteiger partial charge on any atom is 0.243 e. The summed E-state index contributed by atoms with van der Waals surface area (Å²) in [5.41, 5.74) is 5.16. The standard InChI is InChI=1S/C12H21N3O3/c1-5-6-9(11(13)17)15-12(18)10(7(2)3)14-8(4)16/h5,7,9-10H,1,6H2,2-4H3,(H2,13,17)(H,14,16)(H,15,18)/t9-,10+/m0/s1. The number of hydrogen-bond acceptors (Lipinski definition) is 3. The van der Waals surface area contributed by atoms with Crippen LogP contribution in [0.5, 0.6) is 0 Å². The summed E-state index contributed by atoms with van der Waals surface area (Å²) in [4.78, 5) is 34.1. The zero-order valence-electron chi connectivity index (χ0n) is 11.0. The lowest BCUT2D eigenvalue weighted by Gasteiger charge is -2.23. The first-order valence-corrected chi connectivity index (χ1v) is 5.77. The van der Waals surface area contributed by atoms with Crippen LogP contribution in [-0.2, 0) is 14.4 Å². The molecule has 6 nitrogen and oxygen atoms in total. The quantitative estimate of drug-likeness (QED) is 0.544. The van der Waals surface area contributed by atoms with Gasteiger partial charge in [-0.3, -0.25) is 14.4 Å². The molecule has 0 aliphatic heterocycles. The molecule has 6 heteroatoms. The molecule has 0 saturated carbocycles. The number of rotatable bonds is 7. The van der Waals surface area contributed by atoms with E-state index in [1.165, 1.54) is 13.0 Å². The highest BCUT2D eigenvalue weighted by Crippen LogP contribution is 2.03. The third-order valence-corrected chi connectivity index (χ3v) is 2.37. The molecule has 0 fully saturated rings. The molecule has 0 saturated heterocycles. The first-order chi connectivity index (χ1) is 8.29. The molecule has 18 heavy (non-hydrogen) atoms. The Morgan fingerprint density at radius 3 is 2.17 bits per heavy atom. The molecule has 0 aromatic rings. The summed E-state index contributed by atoms with van der Waals surface area (Å²) in [6.45, 7) is 8.42. The van der Waals surface area contributed by atoms with E-state index in [-0.39, 0.29) is 18.2 Å². The Bertz CT molecular complexity index is 339. The van der Waals surface area contributed by atoms with E-state index >= 15 is 0 Å². The predicted molar refractivity (Wildman–Crippen MR) is 68.4 cm³/mol. The highest BCUT2D eigenvalue weighted by atomic mass is 16.2. The Kier molecular flexibility index (Phi) is 6.70. The molecule has 0 aliphatic rings. The average molecular weight is 255 g/mol. The number of nitrogens with two attached hydrogens (primary N) is 1. The van der Waals surface area contributed by atoms with Crippen LogP contribution in [0, 0.1) is 5.92 Å². The lowest BCUT2D eigenvalue weighted by Crippen LogP contribution is -2.54. The van der Waals surface area contributed by atoms with Gasteiger partial charge in [-0.1, -0.05) is 19.9 Å². The fraction of sp³-hybridized carbons (Fsp3) is 0.583. The van der Waals surface area contributed by atoms with Crippen LogP contribution in [0.3, 0.4) is 0 Å². The molecule has 2 atom stereocenters. The van der Waals surface area contributed by atoms with E-state index in [2.05, 4.69) is 17.2 Å². The van der Waals surface area contributed by atoms with Gasteiger partial charge in [0.2, 0.25) is 17.7 Å². The van der Waals surface area contributed by atoms with Crippen LogP contribution >= 0.6 is 0 Å². The van der Waals surface area contributed by atoms with Crippen LogP contribution in [0.15, 0.2) is 12.7 Å². The summed E-state index contributed by atoms with van der Waals surface area (Å²) >= 11 is 0. The number of hydrogen-bond donors (Lipinski definition) is 3. The van der Waals surface area contributed by atoms with Crippen molar-refractivity contribution < 1.29 is 14.4 Å². The summed E-state index contributed by atoms with van der Waals surface area (Å²) in [6, 6.07) is -1.49. The van der Waals surface area contributed by atoms with Crippen LogP contribution in [0.4, 0.5) is 0 Å². The van der Waals surface area contributed by atoms with Crippen molar-refractivity contribution in [3.8, 4) is 0 Å². The lowest BCUT2D eigenvalue weighted by molar-refractivity contribution is -0.131. The Morgan fingerprint density at radius 2 is 1.83 bits per heavy atom. The second-order valence-corrected chi connectivity index (χ2v) is 4.41. The maximum absolute atomic E-state index is 11.9. The molecule has 3 amide bonds. The van der Waals surface area contributed by atoms with Crippen molar-refractivity contribution in [3.05, 3.63) is 12.7 Å². The fourth-order valence-corrected chi connectivity index (χ4v) is 1.43. The fourth-order valence-electron chi connectivity index (χ4n) is 1.43. The molecular formula is C12H21N3O3. The van der Waals surface area contributed by atoms with E-state index in [4.69, 9.17) is 5.73 Å². The largest absolute Gasteiger partial charge is 0.368 e. The van der Waals surface area contributed by atoms with E-state index < -0.39 is 23.9 Å². The maximum atomic E-state index is 11.9. The van der Waals surface area contributed by atoms with E-state index in [9.17, 15) is 14.4 Å². The monoisotopic (exact) mass is 255 g/mol. The molecule has 4 N–H and O–H groups in total. The van der Waals surface area contributed by atoms with Gasteiger partial charge in [0.05, 0.1) is 0 Å². The van der Waals surface area contributed by atoms with Gasteiger partial charge in [-0.15, -0.1) is 6.58 Å². The number of carbonyl (C=O) groups is 3. The molecule has 0 bridgehead atoms. The smallest absolute Gasteiger partial charge is 0.243 e. The zero-order valence-corrected chi connectivity index (χ0v) is 11.0. The molecular weight excluding hydrogens is 234 g/mol. The minimum atomic E-state index is -0.801. The zero-order chi connectivity index (χ0) is 14.3. The molecule has 0 aromatic carbocycles. The summed E-state index contributed by atoms with van der Waals surface area (Å²) in [7, 11) is 0. The van der Waals surface area contributed by atoms with Crippen molar-refractivity contribution in [2.45, 2.75) is 39.3 Å². The van der Waals surface area contributed by atoms with Gasteiger partial charge in [-0.25, -0.2) is 0 Å². The molecule has 102 valence electrons. The van der Waals surface area contributed by atoms with Crippen LogP contribution in [0.2, 0.25) is 0 Å². The van der Waals surface area contributed by atoms with Gasteiger partial charge in [0.15, 0.2) is 0 Å². The van der Waals surface area contributed by atoms with Gasteiger partial charge in [0, 0.05) is 6.92 Å². The molecule has 0 spiro atoms. The molecule has 0 heterocycles. The number of amides is 3. The topological polar surface area (TPSA) is 101 Å². The van der Waals surface area contributed by atoms with E-state index in [1.54, 1.807) is 13.8 Å². The highest BCUT2D eigenvalue weighted by Gasteiger charge is 2.26. The minimum Gasteiger partial charge on any atom is -0.368 e. The molecule has 0 unspecified atom stereocenters. The number of carbonyl (C=O) groups excluding carboxylic acids is 3. The third-order valence-electron chi connectivity index (χ3n) is 2.37. The van der Waals surface area contributed by atoms with Crippen molar-refractivity contribution in [1.29, 1.82) is 0 Å². The van der Waals surface area contributed by atoms with Crippen LogP contribution in [0.1, 0.15) is 27.2 Å². The first-order valence-electron chi connectivity index (χ1n) is 5.77. The Balaban J connectivity index is 4.71. The Morgan fingerprint density at radius 1 is 1.28 bits per heavy atom. The molecule has 0 aliphatic carbocycles. The molecule has 0 rings (SSSR count). The molecule has 0 aromatic heterocycles. The van der Waals surface area contributed by atoms with E-state index in [1.807, 2.05) is 0 Å². The van der Waals surface area contributed by atoms with Gasteiger partial charge < -0.3 is 16.4 Å². The van der Waals surface area contributed by atoms with Crippen molar-refractivity contribution in [2.75, 3.05) is 0 Å². The Hall–Kier alpha value is -1.85. The van der Waals surface area contributed by atoms with Gasteiger partial charge in [-0.05, 0) is 12.3 Å². The summed E-state index contributed by atoms with van der Waals surface area (Å²) < 4.78 is 0. The summed E-state index contributed by atoms with van der Waals surface area (Å²) in [5.74, 6) is -1.45. The van der Waals surface area contributed by atoms with Crippen LogP contribution in [0.25, 0.3) is 0 Å². The lowest BCUT2D eigenvalue weighted by atomic mass is 10.0. The number of primary amides is 1. The Labute approximate surface area is 107 Å². The average Bonchev–Trinajstić information content (AvgIpc) is 2.24. The van der Waals surface area contributed by atoms with Crippen LogP contribution in [-0.4, -0.2) is 29.8 Å². The second kappa shape index (κ2) is 7.47. The van der Waals surface area contributed by atoms with Crippen molar-refractivity contribution in [2.24, 2.45) is 11.7 Å². The minimum absolute atomic E-state index is 0.0915. The van der Waals surface area contributed by atoms with Gasteiger partial charge in [0.25, 0.3) is 0 Å². The normalized spacial score (nSPS) is 13.6. The van der Waals surface area contributed by atoms with Crippen molar-refractivity contribution >= 4 is 17.7 Å². The summed E-state index contributed by atoms with van der Waals surface area (Å²) in [5, 5.41) is 5.04. The SMILES string of the molecule is C=CC[C@H](NC(=O)[C@H](NC(C)=O)C(C)C)C(N)=O. The number of nitrogens with one attached hydrogen (secondary N) is 2. The second-order valence-electron chi connectivity index (χ2n) is 4.41. The molecule has 0 radical (unpaired) electrons. The van der Waals surface area contributed by atoms with Crippen molar-refractivity contribution in [1.82, 2.24) is 10.6 Å². The predicted octanol–water partition coefficient (Wildman–Crippen LogP) is -0.307. The van der Waals surface area contributed by atoms with E-state index in [0.29, 0.717) is 0 Å². The van der Waals surface area contributed by atoms with Crippen LogP contribution < -0.4 is 16.4 Å². The van der Waals surface area contributed by atoms with Gasteiger partial charge >= 0.3 is 0 Å². The van der Waals surface area contributed by atoms with Gasteiger partial charge in [-0.2, -0.15) is 0 Å². The third kappa shape index (κ3) is 5.47. The van der Waals surface area contributed by atoms with Gasteiger partial charge in [0.1, 0.15) is 12.1 Å². The highest BCUT2D eigenvalue weighted by molar-refractivity contribution is 5.91.